The van der Waals surface area contributed by atoms with Gasteiger partial charge < -0.3 is 15.3 Å². The number of rotatable bonds is 3. The van der Waals surface area contributed by atoms with Gasteiger partial charge in [0.05, 0.1) is 0 Å². The third-order valence-corrected chi connectivity index (χ3v) is 2.64. The third-order valence-electron chi connectivity index (χ3n) is 2.64. The number of phenols is 2. The van der Waals surface area contributed by atoms with Crippen LogP contribution in [0.3, 0.4) is 0 Å². The summed E-state index contributed by atoms with van der Waals surface area (Å²) >= 11 is 0. The highest BCUT2D eigenvalue weighted by atomic mass is 16.4. The maximum Gasteiger partial charge on any atom is 0.328 e. The minimum Gasteiger partial charge on any atom is -0.504 e. The summed E-state index contributed by atoms with van der Waals surface area (Å²) in [7, 11) is 0. The van der Waals surface area contributed by atoms with Crippen molar-refractivity contribution in [2.75, 3.05) is 0 Å². The molecule has 4 nitrogen and oxygen atoms in total. The topological polar surface area (TPSA) is 77.8 Å². The van der Waals surface area contributed by atoms with Crippen LogP contribution in [0.15, 0.2) is 48.5 Å². The monoisotopic (exact) mass is 256 g/mol. The predicted molar refractivity (Wildman–Crippen MR) is 71.9 cm³/mol. The van der Waals surface area contributed by atoms with Crippen LogP contribution in [0.25, 0.3) is 17.2 Å². The first-order chi connectivity index (χ1) is 9.06. The molecule has 0 unspecified atom stereocenters. The van der Waals surface area contributed by atoms with Crippen molar-refractivity contribution >= 4 is 12.0 Å². The summed E-state index contributed by atoms with van der Waals surface area (Å²) in [5.74, 6) is -1.33. The van der Waals surface area contributed by atoms with Crippen LogP contribution in [-0.2, 0) is 4.79 Å². The van der Waals surface area contributed by atoms with Gasteiger partial charge in [-0.25, -0.2) is 4.79 Å². The van der Waals surface area contributed by atoms with E-state index in [2.05, 4.69) is 0 Å². The number of carboxylic acid groups (broad SMARTS) is 1. The molecule has 4 heteroatoms. The molecule has 19 heavy (non-hydrogen) atoms. The number of aromatic hydroxyl groups is 2. The summed E-state index contributed by atoms with van der Waals surface area (Å²) in [6.45, 7) is 0. The van der Waals surface area contributed by atoms with Crippen molar-refractivity contribution in [3.8, 4) is 22.6 Å². The maximum atomic E-state index is 10.4. The van der Waals surface area contributed by atoms with Gasteiger partial charge in [0.25, 0.3) is 0 Å². The Bertz CT molecular complexity index is 627. The van der Waals surface area contributed by atoms with Gasteiger partial charge in [0.15, 0.2) is 11.5 Å². The molecule has 3 N–H and O–H groups in total. The van der Waals surface area contributed by atoms with Crippen molar-refractivity contribution in [2.45, 2.75) is 0 Å². The molecular formula is C15H12O4. The van der Waals surface area contributed by atoms with Crippen LogP contribution >= 0.6 is 0 Å². The fourth-order valence-corrected chi connectivity index (χ4v) is 1.66. The number of aliphatic carboxylic acids is 1. The first-order valence-corrected chi connectivity index (χ1v) is 5.60. The van der Waals surface area contributed by atoms with Crippen LogP contribution in [0.2, 0.25) is 0 Å². The molecule has 0 radical (unpaired) electrons. The summed E-state index contributed by atoms with van der Waals surface area (Å²) in [6.07, 6.45) is 2.57. The van der Waals surface area contributed by atoms with Crippen molar-refractivity contribution in [1.82, 2.24) is 0 Å². The SMILES string of the molecule is O=C(O)C=Cc1ccc(-c2ccc(O)c(O)c2)cc1. The van der Waals surface area contributed by atoms with Gasteiger partial charge in [0.2, 0.25) is 0 Å². The van der Waals surface area contributed by atoms with E-state index in [1.807, 2.05) is 12.1 Å². The molecule has 0 aliphatic heterocycles. The Kier molecular flexibility index (Phi) is 3.52. The van der Waals surface area contributed by atoms with E-state index in [9.17, 15) is 15.0 Å². The molecule has 0 amide bonds. The van der Waals surface area contributed by atoms with E-state index >= 15 is 0 Å². The highest BCUT2D eigenvalue weighted by Gasteiger charge is 2.02. The molecule has 96 valence electrons. The van der Waals surface area contributed by atoms with E-state index in [1.165, 1.54) is 18.2 Å². The van der Waals surface area contributed by atoms with Gasteiger partial charge in [-0.1, -0.05) is 30.3 Å². The Morgan fingerprint density at radius 3 is 2.11 bits per heavy atom. The number of carbonyl (C=O) groups is 1. The van der Waals surface area contributed by atoms with E-state index < -0.39 is 5.97 Å². The minimum atomic E-state index is -0.993. The molecule has 0 aliphatic rings. The number of carboxylic acids is 1. The van der Waals surface area contributed by atoms with E-state index in [1.54, 1.807) is 18.2 Å². The predicted octanol–water partition coefficient (Wildman–Crippen LogP) is 2.86. The van der Waals surface area contributed by atoms with Crippen LogP contribution in [0.4, 0.5) is 0 Å². The Labute approximate surface area is 109 Å². The van der Waals surface area contributed by atoms with Crippen molar-refractivity contribution in [3.63, 3.8) is 0 Å². The van der Waals surface area contributed by atoms with E-state index in [4.69, 9.17) is 5.11 Å². The minimum absolute atomic E-state index is 0.162. The lowest BCUT2D eigenvalue weighted by Gasteiger charge is -2.04. The van der Waals surface area contributed by atoms with Crippen molar-refractivity contribution in [2.24, 2.45) is 0 Å². The lowest BCUT2D eigenvalue weighted by Crippen LogP contribution is -1.85. The molecule has 0 fully saturated rings. The molecule has 0 aliphatic carbocycles. The Balaban J connectivity index is 2.27. The average Bonchev–Trinajstić information content (AvgIpc) is 2.40. The zero-order chi connectivity index (χ0) is 13.8. The number of phenolic OH excluding ortho intramolecular Hbond substituents is 2. The summed E-state index contributed by atoms with van der Waals surface area (Å²) < 4.78 is 0. The molecule has 2 aromatic carbocycles. The third kappa shape index (κ3) is 3.13. The first kappa shape index (κ1) is 12.7. The van der Waals surface area contributed by atoms with E-state index in [0.717, 1.165) is 22.8 Å². The highest BCUT2D eigenvalue weighted by molar-refractivity contribution is 5.85. The van der Waals surface area contributed by atoms with Crippen LogP contribution in [-0.4, -0.2) is 21.3 Å². The summed E-state index contributed by atoms with van der Waals surface area (Å²) in [5.41, 5.74) is 2.40. The Hall–Kier alpha value is -2.75. The molecule has 0 atom stereocenters. The quantitative estimate of drug-likeness (QED) is 0.583. The van der Waals surface area contributed by atoms with Gasteiger partial charge in [-0.05, 0) is 34.9 Å². The molecule has 2 rings (SSSR count). The smallest absolute Gasteiger partial charge is 0.328 e. The molecule has 0 saturated heterocycles. The standard InChI is InChI=1S/C15H12O4/c16-13-7-6-12(9-14(13)17)11-4-1-10(2-5-11)3-8-15(18)19/h1-9,16-17H,(H,18,19). The van der Waals surface area contributed by atoms with Crippen LogP contribution < -0.4 is 0 Å². The molecule has 0 saturated carbocycles. The fourth-order valence-electron chi connectivity index (χ4n) is 1.66. The van der Waals surface area contributed by atoms with Gasteiger partial charge in [-0.15, -0.1) is 0 Å². The van der Waals surface area contributed by atoms with Crippen LogP contribution in [0.1, 0.15) is 5.56 Å². The Morgan fingerprint density at radius 2 is 1.53 bits per heavy atom. The zero-order valence-electron chi connectivity index (χ0n) is 9.95. The molecule has 0 heterocycles. The van der Waals surface area contributed by atoms with Crippen molar-refractivity contribution < 1.29 is 20.1 Å². The Morgan fingerprint density at radius 1 is 0.895 bits per heavy atom. The van der Waals surface area contributed by atoms with Gasteiger partial charge in [0.1, 0.15) is 0 Å². The molecule has 2 aromatic rings. The molecule has 0 aromatic heterocycles. The summed E-state index contributed by atoms with van der Waals surface area (Å²) in [4.78, 5) is 10.4. The van der Waals surface area contributed by atoms with Gasteiger partial charge in [-0.2, -0.15) is 0 Å². The van der Waals surface area contributed by atoms with Gasteiger partial charge in [-0.3, -0.25) is 0 Å². The molecule has 0 spiro atoms. The summed E-state index contributed by atoms with van der Waals surface area (Å²) in [5, 5.41) is 27.2. The lowest BCUT2D eigenvalue weighted by molar-refractivity contribution is -0.131. The van der Waals surface area contributed by atoms with Crippen LogP contribution in [0, 0.1) is 0 Å². The second-order valence-corrected chi connectivity index (χ2v) is 4.00. The maximum absolute atomic E-state index is 10.4. The summed E-state index contributed by atoms with van der Waals surface area (Å²) in [6, 6.07) is 11.8. The van der Waals surface area contributed by atoms with Crippen molar-refractivity contribution in [3.05, 3.63) is 54.1 Å². The number of benzene rings is 2. The normalized spacial score (nSPS) is 10.7. The lowest BCUT2D eigenvalue weighted by atomic mass is 10.0. The number of hydrogen-bond acceptors (Lipinski definition) is 3. The highest BCUT2D eigenvalue weighted by Crippen LogP contribution is 2.30. The van der Waals surface area contributed by atoms with Crippen molar-refractivity contribution in [1.29, 1.82) is 0 Å². The zero-order valence-corrected chi connectivity index (χ0v) is 9.95. The van der Waals surface area contributed by atoms with E-state index in [-0.39, 0.29) is 11.5 Å². The largest absolute Gasteiger partial charge is 0.504 e. The van der Waals surface area contributed by atoms with Gasteiger partial charge >= 0.3 is 5.97 Å². The average molecular weight is 256 g/mol. The second-order valence-electron chi connectivity index (χ2n) is 4.00. The second kappa shape index (κ2) is 5.27. The van der Waals surface area contributed by atoms with Gasteiger partial charge in [0, 0.05) is 6.08 Å². The van der Waals surface area contributed by atoms with Crippen LogP contribution in [0.5, 0.6) is 11.5 Å². The molecular weight excluding hydrogens is 244 g/mol. The first-order valence-electron chi connectivity index (χ1n) is 5.60. The number of hydrogen-bond donors (Lipinski definition) is 3. The fraction of sp³-hybridized carbons (Fsp3) is 0. The van der Waals surface area contributed by atoms with E-state index in [0.29, 0.717) is 0 Å². The molecule has 0 bridgehead atoms.